The van der Waals surface area contributed by atoms with Crippen LogP contribution in [0.2, 0.25) is 0 Å². The highest BCUT2D eigenvalue weighted by molar-refractivity contribution is 8.07. The number of anilines is 1. The number of carbonyl (C=O) groups is 4. The number of amides is 2. The molecule has 0 spiro atoms. The largest absolute Gasteiger partial charge is 0.494 e. The van der Waals surface area contributed by atoms with Crippen LogP contribution in [0.4, 0.5) is 14.9 Å². The number of allylic oxidation sites excluding steroid dienone is 1. The van der Waals surface area contributed by atoms with Crippen LogP contribution >= 0.6 is 23.5 Å². The Kier molecular flexibility index (Phi) is 34.6. The minimum absolute atomic E-state index is 0.137. The number of hydrogen-bond acceptors (Lipinski definition) is 16. The smallest absolute Gasteiger partial charge is 0.412 e. The number of halogens is 1. The number of aldehydes is 2. The van der Waals surface area contributed by atoms with Gasteiger partial charge in [-0.05, 0) is 124 Å². The number of nitrogens with zero attached hydrogens (tertiary/aromatic N) is 2. The Morgan fingerprint density at radius 2 is 1.57 bits per heavy atom. The van der Waals surface area contributed by atoms with Crippen LogP contribution < -0.4 is 25.4 Å². The van der Waals surface area contributed by atoms with E-state index in [2.05, 4.69) is 79.0 Å². The maximum atomic E-state index is 12.0. The monoisotopic (exact) mass is 1010 g/mol. The fourth-order valence-electron chi connectivity index (χ4n) is 5.73. The van der Waals surface area contributed by atoms with E-state index in [9.17, 15) is 23.6 Å². The molecule has 1 saturated heterocycles. The van der Waals surface area contributed by atoms with Crippen LogP contribution in [-0.4, -0.2) is 163 Å². The molecule has 19 heteroatoms. The molecule has 392 valence electrons. The Hall–Kier alpha value is -4.08. The Bertz CT molecular complexity index is 1770. The highest BCUT2D eigenvalue weighted by Gasteiger charge is 2.42. The zero-order valence-corrected chi connectivity index (χ0v) is 44.8. The van der Waals surface area contributed by atoms with E-state index in [4.69, 9.17) is 33.5 Å². The van der Waals surface area contributed by atoms with Gasteiger partial charge in [0.2, 0.25) is 6.41 Å². The summed E-state index contributed by atoms with van der Waals surface area (Å²) in [5, 5.41) is 16.1. The molecule has 2 fully saturated rings. The van der Waals surface area contributed by atoms with Crippen molar-refractivity contribution in [2.45, 2.75) is 109 Å². The van der Waals surface area contributed by atoms with E-state index in [-0.39, 0.29) is 10.8 Å². The molecule has 2 aliphatic rings. The first-order valence-corrected chi connectivity index (χ1v) is 25.1. The Morgan fingerprint density at radius 1 is 0.971 bits per heavy atom. The molecule has 4 rings (SSSR count). The average Bonchev–Trinajstić information content (AvgIpc) is 3.90. The average molecular weight is 1010 g/mol. The lowest BCUT2D eigenvalue weighted by molar-refractivity contribution is -0.123. The molecule has 1 unspecified atom stereocenters. The van der Waals surface area contributed by atoms with E-state index < -0.39 is 17.4 Å². The number of aliphatic imine (C=N–C) groups is 1. The van der Waals surface area contributed by atoms with Crippen molar-refractivity contribution in [2.24, 2.45) is 4.99 Å². The fraction of sp³-hybridized carbons (Fsp3) is 0.620. The first kappa shape index (κ1) is 64.9. The SMILES string of the molecule is C=N/C(C)=C(\SC)c1ccc(CNC)cc1.CNC(C)C(C)(C)SCCOCCOCCOCCOc1ccc(NC(=O)OC(C)(C)C)c(OC)c1.CO.O=CC1(F)CC1.O=C[C@@H]1CCCN1C=O. The summed E-state index contributed by atoms with van der Waals surface area (Å²) in [6, 6.07) is 14.0. The lowest BCUT2D eigenvalue weighted by atomic mass is 10.1. The summed E-state index contributed by atoms with van der Waals surface area (Å²) in [5.74, 6) is 2.04. The van der Waals surface area contributed by atoms with Crippen molar-refractivity contribution in [1.82, 2.24) is 15.5 Å². The van der Waals surface area contributed by atoms with Gasteiger partial charge in [-0.25, -0.2) is 9.18 Å². The molecule has 2 amide bonds. The highest BCUT2D eigenvalue weighted by atomic mass is 32.2. The van der Waals surface area contributed by atoms with E-state index in [0.29, 0.717) is 88.6 Å². The summed E-state index contributed by atoms with van der Waals surface area (Å²) in [6.45, 7) is 22.9. The summed E-state index contributed by atoms with van der Waals surface area (Å²) < 4.78 is 45.1. The molecule has 69 heavy (non-hydrogen) atoms. The van der Waals surface area contributed by atoms with Gasteiger partial charge in [0.1, 0.15) is 30.0 Å². The van der Waals surface area contributed by atoms with E-state index in [0.717, 1.165) is 57.2 Å². The summed E-state index contributed by atoms with van der Waals surface area (Å²) in [7, 11) is 6.47. The second kappa shape index (κ2) is 36.8. The van der Waals surface area contributed by atoms with Crippen molar-refractivity contribution >= 4 is 65.9 Å². The van der Waals surface area contributed by atoms with Crippen LogP contribution in [-0.2, 0) is 39.9 Å². The molecule has 0 bridgehead atoms. The van der Waals surface area contributed by atoms with Gasteiger partial charge >= 0.3 is 6.09 Å². The number of ether oxygens (including phenoxy) is 6. The zero-order valence-electron chi connectivity index (χ0n) is 43.2. The summed E-state index contributed by atoms with van der Waals surface area (Å²) in [6.07, 6.45) is 6.15. The van der Waals surface area contributed by atoms with E-state index in [1.165, 1.54) is 28.0 Å². The van der Waals surface area contributed by atoms with Gasteiger partial charge in [-0.15, -0.1) is 11.8 Å². The molecule has 1 saturated carbocycles. The van der Waals surface area contributed by atoms with Crippen LogP contribution in [0.5, 0.6) is 11.5 Å². The number of aliphatic hydroxyl groups excluding tert-OH is 1. The zero-order chi connectivity index (χ0) is 52.3. The van der Waals surface area contributed by atoms with E-state index >= 15 is 0 Å². The molecule has 1 heterocycles. The standard InChI is InChI=1S/C26H46N2O7S.C13H18N2S.C6H9NO2.C4H5FO.CH4O/c1-20(27-7)26(5,6)36-18-17-33-14-13-31-11-12-32-15-16-34-21-9-10-22(23(19-21)30-8)28-24(29)35-25(2,3)4;1-10(15-3)13(16-4)12-7-5-11(6-8-12)9-14-2;8-4-6-2-1-3-7(6)5-9;5-4(3-6)1-2-4;1-2/h9-10,19-20,27H,11-18H2,1-8H3,(H,28,29);5-8,14H,3,9H2,1-2,4H3;4-6H,1-3H2;3H,1-2H2;2H,1H3/b;13-10-;;;/t;;6-;;/m..0../s1. The summed E-state index contributed by atoms with van der Waals surface area (Å²) in [4.78, 5) is 48.5. The van der Waals surface area contributed by atoms with Crippen LogP contribution in [0.1, 0.15) is 85.3 Å². The number of likely N-dealkylation sites (tertiary alicyclic amines) is 1. The maximum absolute atomic E-state index is 12.0. The third-order valence-electron chi connectivity index (χ3n) is 10.2. The van der Waals surface area contributed by atoms with Gasteiger partial charge in [-0.3, -0.25) is 19.9 Å². The number of alkyl halides is 1. The normalized spacial score (nSPS) is 15.3. The molecular formula is C50H82FN5O11S2. The van der Waals surface area contributed by atoms with Crippen molar-refractivity contribution in [3.05, 3.63) is 59.3 Å². The number of carbonyl (C=O) groups excluding carboxylic acids is 4. The van der Waals surface area contributed by atoms with Crippen molar-refractivity contribution in [3.8, 4) is 11.5 Å². The summed E-state index contributed by atoms with van der Waals surface area (Å²) in [5.41, 5.74) is 2.01. The van der Waals surface area contributed by atoms with Gasteiger partial charge in [-0.2, -0.15) is 11.8 Å². The van der Waals surface area contributed by atoms with Crippen LogP contribution in [0.15, 0.2) is 53.2 Å². The first-order chi connectivity index (χ1) is 32.9. The minimum atomic E-state index is -1.39. The third kappa shape index (κ3) is 29.0. The number of thioether (sulfide) groups is 2. The molecule has 0 radical (unpaired) electrons. The number of hydrogen-bond donors (Lipinski definition) is 4. The minimum Gasteiger partial charge on any atom is -0.494 e. The fourth-order valence-corrected chi connectivity index (χ4v) is 7.55. The van der Waals surface area contributed by atoms with Crippen LogP contribution in [0.25, 0.3) is 4.91 Å². The predicted molar refractivity (Wildman–Crippen MR) is 280 cm³/mol. The number of methoxy groups -OCH3 is 1. The van der Waals surface area contributed by atoms with Crippen molar-refractivity contribution in [3.63, 3.8) is 0 Å². The first-order valence-electron chi connectivity index (χ1n) is 22.9. The lowest BCUT2D eigenvalue weighted by Crippen LogP contribution is -2.40. The van der Waals surface area contributed by atoms with Crippen molar-refractivity contribution in [2.75, 3.05) is 98.4 Å². The molecule has 1 aliphatic heterocycles. The number of benzene rings is 2. The van der Waals surface area contributed by atoms with E-state index in [1.807, 2.05) is 32.8 Å². The number of rotatable bonds is 26. The third-order valence-corrected chi connectivity index (χ3v) is 12.6. The van der Waals surface area contributed by atoms with Gasteiger partial charge in [0, 0.05) is 47.7 Å². The van der Waals surface area contributed by atoms with Gasteiger partial charge in [0.25, 0.3) is 0 Å². The molecule has 2 atom stereocenters. The van der Waals surface area contributed by atoms with Crippen molar-refractivity contribution in [1.29, 1.82) is 0 Å². The predicted octanol–water partition coefficient (Wildman–Crippen LogP) is 7.85. The Balaban J connectivity index is 0.00000112. The molecule has 2 aromatic rings. The molecule has 16 nitrogen and oxygen atoms in total. The number of aliphatic hydroxyl groups is 1. The quantitative estimate of drug-likeness (QED) is 0.0404. The van der Waals surface area contributed by atoms with Gasteiger partial charge in [-0.1, -0.05) is 24.3 Å². The number of nitrogens with one attached hydrogen (secondary N) is 3. The van der Waals surface area contributed by atoms with Gasteiger partial charge in [0.05, 0.1) is 64.2 Å². The lowest BCUT2D eigenvalue weighted by Gasteiger charge is -2.30. The summed E-state index contributed by atoms with van der Waals surface area (Å²) >= 11 is 3.61. The molecule has 1 aliphatic carbocycles. The van der Waals surface area contributed by atoms with Crippen molar-refractivity contribution < 1.29 is 57.1 Å². The van der Waals surface area contributed by atoms with Gasteiger partial charge < -0.3 is 53.9 Å². The van der Waals surface area contributed by atoms with E-state index in [1.54, 1.807) is 50.7 Å². The topological polar surface area (TPSA) is 196 Å². The second-order valence-corrected chi connectivity index (χ2v) is 19.5. The van der Waals surface area contributed by atoms with Crippen LogP contribution in [0, 0.1) is 0 Å². The molecule has 0 aromatic heterocycles. The molecule has 4 N–H and O–H groups in total. The second-order valence-electron chi connectivity index (χ2n) is 17.0. The highest BCUT2D eigenvalue weighted by Crippen LogP contribution is 2.37. The maximum Gasteiger partial charge on any atom is 0.412 e. The Labute approximate surface area is 420 Å². The van der Waals surface area contributed by atoms with Gasteiger partial charge in [0.15, 0.2) is 12.0 Å². The van der Waals surface area contributed by atoms with Crippen LogP contribution in [0.3, 0.4) is 0 Å². The molecular weight excluding hydrogens is 930 g/mol. The Morgan fingerprint density at radius 3 is 2.01 bits per heavy atom. The molecule has 2 aromatic carbocycles.